The zero-order valence-corrected chi connectivity index (χ0v) is 14.0. The molecule has 0 saturated carbocycles. The molecular formula is C15H20N4O2S. The summed E-state index contributed by atoms with van der Waals surface area (Å²) in [5.74, 6) is -0.479. The topological polar surface area (TPSA) is 76.0 Å². The van der Waals surface area contributed by atoms with Gasteiger partial charge in [-0.2, -0.15) is 0 Å². The highest BCUT2D eigenvalue weighted by Crippen LogP contribution is 2.23. The van der Waals surface area contributed by atoms with E-state index in [-0.39, 0.29) is 24.4 Å². The molecule has 2 amide bonds. The number of hydrogen-bond donors (Lipinski definition) is 2. The summed E-state index contributed by atoms with van der Waals surface area (Å²) < 4.78 is 1.74. The molecule has 118 valence electrons. The van der Waals surface area contributed by atoms with Gasteiger partial charge in [0.25, 0.3) is 5.91 Å². The number of amides is 2. The van der Waals surface area contributed by atoms with Gasteiger partial charge in [-0.15, -0.1) is 11.3 Å². The second-order valence-electron chi connectivity index (χ2n) is 5.38. The van der Waals surface area contributed by atoms with Crippen molar-refractivity contribution in [3.63, 3.8) is 0 Å². The molecule has 0 fully saturated rings. The van der Waals surface area contributed by atoms with Crippen molar-refractivity contribution in [3.05, 3.63) is 28.3 Å². The van der Waals surface area contributed by atoms with E-state index in [4.69, 9.17) is 0 Å². The minimum absolute atomic E-state index is 0.0344. The van der Waals surface area contributed by atoms with Crippen molar-refractivity contribution >= 4 is 23.2 Å². The maximum Gasteiger partial charge on any atom is 0.268 e. The second kappa shape index (κ2) is 6.74. The third-order valence-corrected chi connectivity index (χ3v) is 3.79. The number of carbonyl (C=O) groups excluding carboxylic acids is 2. The van der Waals surface area contributed by atoms with E-state index in [1.54, 1.807) is 29.0 Å². The smallest absolute Gasteiger partial charge is 0.268 e. The lowest BCUT2D eigenvalue weighted by molar-refractivity contribution is -0.120. The van der Waals surface area contributed by atoms with Crippen molar-refractivity contribution in [2.75, 3.05) is 6.54 Å². The van der Waals surface area contributed by atoms with Gasteiger partial charge < -0.3 is 15.2 Å². The van der Waals surface area contributed by atoms with Gasteiger partial charge in [-0.1, -0.05) is 0 Å². The van der Waals surface area contributed by atoms with E-state index in [1.165, 1.54) is 0 Å². The van der Waals surface area contributed by atoms with E-state index in [0.717, 1.165) is 16.3 Å². The van der Waals surface area contributed by atoms with Crippen LogP contribution in [-0.4, -0.2) is 34.0 Å². The summed E-state index contributed by atoms with van der Waals surface area (Å²) in [6.07, 6.45) is 1.86. The summed E-state index contributed by atoms with van der Waals surface area (Å²) in [6.45, 7) is 5.66. The molecular weight excluding hydrogens is 300 g/mol. The maximum absolute atomic E-state index is 12.2. The minimum atomic E-state index is -0.278. The molecule has 0 bridgehead atoms. The van der Waals surface area contributed by atoms with Gasteiger partial charge in [-0.3, -0.25) is 9.59 Å². The molecule has 0 atom stereocenters. The Hall–Kier alpha value is -2.15. The predicted octanol–water partition coefficient (Wildman–Crippen LogP) is 1.71. The Morgan fingerprint density at radius 3 is 2.73 bits per heavy atom. The van der Waals surface area contributed by atoms with Gasteiger partial charge in [0.1, 0.15) is 5.69 Å². The Balaban J connectivity index is 2.04. The molecule has 0 aromatic carbocycles. The maximum atomic E-state index is 12.2. The number of hydrogen-bond acceptors (Lipinski definition) is 4. The van der Waals surface area contributed by atoms with Crippen molar-refractivity contribution in [3.8, 4) is 11.3 Å². The number of aryl methyl sites for hydroxylation is 2. The van der Waals surface area contributed by atoms with Crippen molar-refractivity contribution < 1.29 is 9.59 Å². The first-order valence-corrected chi connectivity index (χ1v) is 7.91. The highest BCUT2D eigenvalue weighted by atomic mass is 32.1. The second-order valence-corrected chi connectivity index (χ2v) is 6.44. The lowest BCUT2D eigenvalue weighted by Crippen LogP contribution is -2.40. The number of nitrogens with one attached hydrogen (secondary N) is 2. The molecule has 2 heterocycles. The Morgan fingerprint density at radius 1 is 1.41 bits per heavy atom. The third-order valence-electron chi connectivity index (χ3n) is 3.01. The average Bonchev–Trinajstić information content (AvgIpc) is 3.01. The van der Waals surface area contributed by atoms with Crippen molar-refractivity contribution in [1.82, 2.24) is 20.2 Å². The van der Waals surface area contributed by atoms with Crippen LogP contribution in [-0.2, 0) is 11.8 Å². The molecule has 2 rings (SSSR count). The molecule has 2 aromatic heterocycles. The molecule has 0 spiro atoms. The van der Waals surface area contributed by atoms with E-state index < -0.39 is 0 Å². The fourth-order valence-corrected chi connectivity index (χ4v) is 2.67. The Morgan fingerprint density at radius 2 is 2.14 bits per heavy atom. The van der Waals surface area contributed by atoms with Gasteiger partial charge in [0.15, 0.2) is 0 Å². The minimum Gasteiger partial charge on any atom is -0.352 e. The summed E-state index contributed by atoms with van der Waals surface area (Å²) in [6, 6.07) is 1.84. The van der Waals surface area contributed by atoms with E-state index in [2.05, 4.69) is 15.6 Å². The highest BCUT2D eigenvalue weighted by molar-refractivity contribution is 7.09. The third kappa shape index (κ3) is 3.94. The summed E-state index contributed by atoms with van der Waals surface area (Å²) >= 11 is 1.57. The van der Waals surface area contributed by atoms with Crippen molar-refractivity contribution in [1.29, 1.82) is 0 Å². The number of carbonyl (C=O) groups is 2. The monoisotopic (exact) mass is 320 g/mol. The summed E-state index contributed by atoms with van der Waals surface area (Å²) in [7, 11) is 1.80. The molecule has 0 radical (unpaired) electrons. The van der Waals surface area contributed by atoms with Crippen LogP contribution in [0.25, 0.3) is 11.3 Å². The SMILES string of the molecule is Cc1nc(-c2cc(C(=O)NCC(=O)NC(C)C)n(C)c2)cs1. The van der Waals surface area contributed by atoms with Crippen molar-refractivity contribution in [2.24, 2.45) is 7.05 Å². The van der Waals surface area contributed by atoms with Gasteiger partial charge in [-0.05, 0) is 26.8 Å². The lowest BCUT2D eigenvalue weighted by atomic mass is 10.2. The molecule has 0 saturated heterocycles. The lowest BCUT2D eigenvalue weighted by Gasteiger charge is -2.09. The Kier molecular flexibility index (Phi) is 4.97. The fourth-order valence-electron chi connectivity index (χ4n) is 2.05. The molecule has 0 aliphatic rings. The summed E-state index contributed by atoms with van der Waals surface area (Å²) in [4.78, 5) is 28.1. The summed E-state index contributed by atoms with van der Waals surface area (Å²) in [5, 5.41) is 8.30. The van der Waals surface area contributed by atoms with Gasteiger partial charge in [0, 0.05) is 30.2 Å². The Labute approximate surface area is 133 Å². The molecule has 2 N–H and O–H groups in total. The Bertz CT molecular complexity index is 688. The van der Waals surface area contributed by atoms with E-state index in [0.29, 0.717) is 5.69 Å². The average molecular weight is 320 g/mol. The van der Waals surface area contributed by atoms with Gasteiger partial charge >= 0.3 is 0 Å². The van der Waals surface area contributed by atoms with Crippen LogP contribution in [0.5, 0.6) is 0 Å². The first-order valence-electron chi connectivity index (χ1n) is 7.03. The molecule has 7 heteroatoms. The summed E-state index contributed by atoms with van der Waals surface area (Å²) in [5.41, 5.74) is 2.25. The largest absolute Gasteiger partial charge is 0.352 e. The van der Waals surface area contributed by atoms with Crippen LogP contribution in [0.3, 0.4) is 0 Å². The zero-order chi connectivity index (χ0) is 16.3. The van der Waals surface area contributed by atoms with E-state index >= 15 is 0 Å². The van der Waals surface area contributed by atoms with E-state index in [1.807, 2.05) is 32.3 Å². The van der Waals surface area contributed by atoms with Crippen LogP contribution in [0.4, 0.5) is 0 Å². The number of thiazole rings is 1. The molecule has 0 unspecified atom stereocenters. The van der Waals surface area contributed by atoms with Gasteiger partial charge in [0.05, 0.1) is 17.2 Å². The number of rotatable bonds is 5. The molecule has 0 aliphatic heterocycles. The highest BCUT2D eigenvalue weighted by Gasteiger charge is 2.15. The van der Waals surface area contributed by atoms with Crippen LogP contribution >= 0.6 is 11.3 Å². The van der Waals surface area contributed by atoms with E-state index in [9.17, 15) is 9.59 Å². The van der Waals surface area contributed by atoms with Crippen molar-refractivity contribution in [2.45, 2.75) is 26.8 Å². The quantitative estimate of drug-likeness (QED) is 0.880. The molecule has 2 aromatic rings. The van der Waals surface area contributed by atoms with Gasteiger partial charge in [0.2, 0.25) is 5.91 Å². The van der Waals surface area contributed by atoms with Crippen LogP contribution in [0.15, 0.2) is 17.6 Å². The van der Waals surface area contributed by atoms with Gasteiger partial charge in [-0.25, -0.2) is 4.98 Å². The van der Waals surface area contributed by atoms with Crippen LogP contribution in [0, 0.1) is 6.92 Å². The first kappa shape index (κ1) is 16.2. The number of nitrogens with zero attached hydrogens (tertiary/aromatic N) is 2. The predicted molar refractivity (Wildman–Crippen MR) is 86.9 cm³/mol. The number of aromatic nitrogens is 2. The molecule has 0 aliphatic carbocycles. The first-order chi connectivity index (χ1) is 10.4. The molecule has 6 nitrogen and oxygen atoms in total. The standard InChI is InChI=1S/C15H20N4O2S/c1-9(2)17-14(20)6-16-15(21)13-5-11(7-19(13)4)12-8-22-10(3)18-12/h5,7-9H,6H2,1-4H3,(H,16,21)(H,17,20). The van der Waals surface area contributed by atoms with Crippen LogP contribution in [0.1, 0.15) is 29.3 Å². The van der Waals surface area contributed by atoms with Crippen LogP contribution in [0.2, 0.25) is 0 Å². The zero-order valence-electron chi connectivity index (χ0n) is 13.1. The molecule has 22 heavy (non-hydrogen) atoms. The fraction of sp³-hybridized carbons (Fsp3) is 0.400. The normalized spacial score (nSPS) is 10.8. The van der Waals surface area contributed by atoms with Crippen LogP contribution < -0.4 is 10.6 Å².